The van der Waals surface area contributed by atoms with Crippen LogP contribution in [0.15, 0.2) is 66.4 Å². The van der Waals surface area contributed by atoms with Crippen LogP contribution >= 0.6 is 0 Å². The molecule has 0 saturated heterocycles. The fraction of sp³-hybridized carbons (Fsp3) is 0.565. The number of benzene rings is 4. The van der Waals surface area contributed by atoms with E-state index in [0.29, 0.717) is 16.7 Å². The van der Waals surface area contributed by atoms with Crippen LogP contribution in [0.1, 0.15) is 254 Å². The van der Waals surface area contributed by atoms with Crippen LogP contribution in [0.5, 0.6) is 34.5 Å². The Bertz CT molecular complexity index is 2820. The number of aromatic hydroxyl groups is 6. The highest BCUT2D eigenvalue weighted by Gasteiger charge is 2.32. The normalized spacial score (nSPS) is 14.6. The molecular formula is C69H102N6O6. The molecule has 0 bridgehead atoms. The second-order valence-corrected chi connectivity index (χ2v) is 30.5. The molecular weight excluding hydrogens is 1010 g/mol. The number of aliphatic imine (C=N–C) groups is 6. The third-order valence-corrected chi connectivity index (χ3v) is 14.7. The second kappa shape index (κ2) is 23.5. The number of hydrogen-bond acceptors (Lipinski definition) is 12. The van der Waals surface area contributed by atoms with Crippen molar-refractivity contribution in [2.24, 2.45) is 30.0 Å². The molecule has 4 aromatic carbocycles. The maximum atomic E-state index is 12.3. The van der Waals surface area contributed by atoms with Crippen molar-refractivity contribution in [1.29, 1.82) is 0 Å². The Morgan fingerprint density at radius 2 is 0.506 bits per heavy atom. The first-order valence-electron chi connectivity index (χ1n) is 28.5. The summed E-state index contributed by atoms with van der Waals surface area (Å²) in [5.74, 6) is -0.726. The smallest absolute Gasteiger partial charge is 0.141 e. The predicted octanol–water partition coefficient (Wildman–Crippen LogP) is 15.8. The van der Waals surface area contributed by atoms with E-state index in [4.69, 9.17) is 30.0 Å². The molecule has 0 spiro atoms. The lowest BCUT2D eigenvalue weighted by molar-refractivity contribution is 0.422. The van der Waals surface area contributed by atoms with Gasteiger partial charge in [0.25, 0.3) is 0 Å². The van der Waals surface area contributed by atoms with Crippen LogP contribution in [0.2, 0.25) is 0 Å². The third-order valence-electron chi connectivity index (χ3n) is 14.7. The zero-order valence-electron chi connectivity index (χ0n) is 54.7. The average Bonchev–Trinajstić information content (AvgIpc) is 3.29. The summed E-state index contributed by atoms with van der Waals surface area (Å²) in [6, 6.07) is 12.1. The molecule has 4 rings (SSSR count). The van der Waals surface area contributed by atoms with Crippen molar-refractivity contribution in [3.8, 4) is 34.5 Å². The Morgan fingerprint density at radius 3 is 0.679 bits per heavy atom. The molecule has 0 aliphatic heterocycles. The molecule has 0 aliphatic rings. The minimum absolute atomic E-state index is 0.00528. The van der Waals surface area contributed by atoms with Gasteiger partial charge in [-0.05, 0) is 130 Å². The van der Waals surface area contributed by atoms with E-state index >= 15 is 0 Å². The topological polar surface area (TPSA) is 196 Å². The number of hydrogen-bond donors (Lipinski definition) is 6. The summed E-state index contributed by atoms with van der Waals surface area (Å²) in [5, 5.41) is 71.5. The second-order valence-electron chi connectivity index (χ2n) is 30.5. The van der Waals surface area contributed by atoms with Crippen LogP contribution in [0.3, 0.4) is 0 Å². The van der Waals surface area contributed by atoms with Crippen LogP contribution in [-0.4, -0.2) is 103 Å². The zero-order chi connectivity index (χ0) is 62.4. The Labute approximate surface area is 487 Å². The Hall–Kier alpha value is -6.30. The largest absolute Gasteiger partial charge is 0.507 e. The highest BCUT2D eigenvalue weighted by molar-refractivity contribution is 6.16. The maximum Gasteiger partial charge on any atom is 0.141 e. The van der Waals surface area contributed by atoms with Crippen LogP contribution in [-0.2, 0) is 32.5 Å². The number of nitrogens with zero attached hydrogens (tertiary/aromatic N) is 6. The van der Waals surface area contributed by atoms with Gasteiger partial charge < -0.3 is 30.6 Å². The summed E-state index contributed by atoms with van der Waals surface area (Å²) < 4.78 is 0. The molecule has 0 amide bonds. The molecule has 0 atom stereocenters. The van der Waals surface area contributed by atoms with Crippen molar-refractivity contribution in [3.05, 3.63) is 103 Å². The van der Waals surface area contributed by atoms with E-state index in [0.717, 1.165) is 33.4 Å². The van der Waals surface area contributed by atoms with Gasteiger partial charge in [0, 0.05) is 69.2 Å². The molecule has 81 heavy (non-hydrogen) atoms. The number of rotatable bonds is 15. The van der Waals surface area contributed by atoms with Gasteiger partial charge in [-0.25, -0.2) is 0 Å². The van der Waals surface area contributed by atoms with E-state index in [9.17, 15) is 30.6 Å². The van der Waals surface area contributed by atoms with E-state index in [-0.39, 0.29) is 103 Å². The Morgan fingerprint density at radius 1 is 0.309 bits per heavy atom. The lowest BCUT2D eigenvalue weighted by Crippen LogP contribution is -2.23. The molecule has 0 aromatic heterocycles. The van der Waals surface area contributed by atoms with Crippen molar-refractivity contribution in [3.63, 3.8) is 0 Å². The summed E-state index contributed by atoms with van der Waals surface area (Å²) in [5.41, 5.74) is 4.36. The summed E-state index contributed by atoms with van der Waals surface area (Å²) in [6.45, 7) is 54.8. The fourth-order valence-electron chi connectivity index (χ4n) is 9.05. The summed E-state index contributed by atoms with van der Waals surface area (Å²) in [4.78, 5) is 29.6. The minimum Gasteiger partial charge on any atom is -0.507 e. The first-order valence-corrected chi connectivity index (χ1v) is 28.5. The SMILES string of the molecule is CC(=NCC(C)(C)N=Cc1cc(C(C)(C)C)cc(C(C)(C)C)c1O)c1c(O)c(C(C)=NCC(C)(C)N=Cc2cc(C(C)(C)C)cc(C(C)(C)C)c2O)c(O)c(C(C)=NCC(C)(C)N=Cc2cc(C(C)(C)C)cc(C(C)(C)C)c2O)c1O. The predicted molar refractivity (Wildman–Crippen MR) is 344 cm³/mol. The summed E-state index contributed by atoms with van der Waals surface area (Å²) in [6.07, 6.45) is 5.07. The van der Waals surface area contributed by atoms with Gasteiger partial charge in [-0.15, -0.1) is 0 Å². The molecule has 0 fully saturated rings. The van der Waals surface area contributed by atoms with E-state index in [1.54, 1.807) is 39.4 Å². The molecule has 444 valence electrons. The van der Waals surface area contributed by atoms with Gasteiger partial charge in [0.15, 0.2) is 0 Å². The van der Waals surface area contributed by atoms with Gasteiger partial charge in [0.2, 0.25) is 0 Å². The third kappa shape index (κ3) is 16.9. The lowest BCUT2D eigenvalue weighted by atomic mass is 9.79. The highest BCUT2D eigenvalue weighted by atomic mass is 16.3. The van der Waals surface area contributed by atoms with Crippen molar-refractivity contribution < 1.29 is 30.6 Å². The molecule has 0 heterocycles. The number of phenolic OH excluding ortho intramolecular Hbond substituents is 6. The molecule has 12 heteroatoms. The standard InChI is InChI=1S/C69H102N6O6/c1-40(70-37-67(22,23)73-34-43-28-46(61(4,5)6)31-49(55(43)76)64(13,14)15)52-58(79)53(41(2)71-38-68(24,25)74-35-44-29-47(62(7,8)9)32-50(56(44)77)65(16,17)18)60(81)54(59(52)80)42(3)72-39-69(26,27)75-36-45-30-48(63(10,11)12)33-51(57(45)78)66(19,20)21/h28-36,76-81H,37-39H2,1-27H3. The first kappa shape index (κ1) is 67.2. The van der Waals surface area contributed by atoms with Gasteiger partial charge in [-0.3, -0.25) is 30.0 Å². The average molecular weight is 1110 g/mol. The van der Waals surface area contributed by atoms with Gasteiger partial charge in [-0.2, -0.15) is 0 Å². The van der Waals surface area contributed by atoms with Crippen molar-refractivity contribution in [1.82, 2.24) is 0 Å². The van der Waals surface area contributed by atoms with Gasteiger partial charge in [-0.1, -0.05) is 143 Å². The molecule has 0 unspecified atom stereocenters. The van der Waals surface area contributed by atoms with Crippen LogP contribution in [0, 0.1) is 0 Å². The van der Waals surface area contributed by atoms with E-state index in [2.05, 4.69) is 143 Å². The fourth-order valence-corrected chi connectivity index (χ4v) is 9.05. The Kier molecular flexibility index (Phi) is 19.5. The summed E-state index contributed by atoms with van der Waals surface area (Å²) in [7, 11) is 0. The van der Waals surface area contributed by atoms with Crippen LogP contribution in [0.25, 0.3) is 0 Å². The monoisotopic (exact) mass is 1110 g/mol. The zero-order valence-corrected chi connectivity index (χ0v) is 54.7. The van der Waals surface area contributed by atoms with E-state index in [1.807, 2.05) is 59.7 Å². The van der Waals surface area contributed by atoms with Gasteiger partial charge in [0.1, 0.15) is 34.5 Å². The molecule has 4 aromatic rings. The summed E-state index contributed by atoms with van der Waals surface area (Å²) >= 11 is 0. The molecule has 0 aliphatic carbocycles. The first-order chi connectivity index (χ1) is 36.4. The number of phenols is 6. The van der Waals surface area contributed by atoms with E-state index < -0.39 is 33.9 Å². The molecule has 12 nitrogen and oxygen atoms in total. The van der Waals surface area contributed by atoms with Crippen molar-refractivity contribution >= 4 is 35.8 Å². The minimum atomic E-state index is -0.813. The maximum absolute atomic E-state index is 12.3. The molecule has 0 radical (unpaired) electrons. The Balaban J connectivity index is 1.89. The van der Waals surface area contributed by atoms with Gasteiger partial charge >= 0.3 is 0 Å². The van der Waals surface area contributed by atoms with E-state index in [1.165, 1.54) is 0 Å². The van der Waals surface area contributed by atoms with Crippen molar-refractivity contribution in [2.45, 2.75) is 236 Å². The van der Waals surface area contributed by atoms with Gasteiger partial charge in [0.05, 0.1) is 52.9 Å². The highest BCUT2D eigenvalue weighted by Crippen LogP contribution is 2.45. The van der Waals surface area contributed by atoms with Crippen LogP contribution < -0.4 is 0 Å². The molecule has 6 N–H and O–H groups in total. The van der Waals surface area contributed by atoms with Crippen molar-refractivity contribution in [2.75, 3.05) is 19.6 Å². The lowest BCUT2D eigenvalue weighted by Gasteiger charge is -2.27. The molecule has 0 saturated carbocycles. The van der Waals surface area contributed by atoms with Crippen LogP contribution in [0.4, 0.5) is 0 Å². The quantitative estimate of drug-likeness (QED) is 0.0641.